The summed E-state index contributed by atoms with van der Waals surface area (Å²) in [6, 6.07) is 11.0. The minimum Gasteiger partial charge on any atom is -0.0805 e. The molecule has 0 heteroatoms. The van der Waals surface area contributed by atoms with E-state index in [1.165, 1.54) is 50.5 Å². The molecule has 0 N–H and O–H groups in total. The third-order valence-corrected chi connectivity index (χ3v) is 5.52. The molecule has 0 aromatic heterocycles. The Balaban J connectivity index is 1.61. The third-order valence-electron chi connectivity index (χ3n) is 5.52. The minimum atomic E-state index is 0.509. The van der Waals surface area contributed by atoms with E-state index in [-0.39, 0.29) is 0 Å². The summed E-state index contributed by atoms with van der Waals surface area (Å²) in [6.07, 6.45) is 22.8. The molecule has 4 unspecified atom stereocenters. The van der Waals surface area contributed by atoms with Gasteiger partial charge in [0.25, 0.3) is 0 Å². The van der Waals surface area contributed by atoms with Crippen LogP contribution in [0.5, 0.6) is 0 Å². The van der Waals surface area contributed by atoms with Crippen LogP contribution in [-0.4, -0.2) is 0 Å². The lowest BCUT2D eigenvalue weighted by molar-refractivity contribution is 0.354. The summed E-state index contributed by atoms with van der Waals surface area (Å²) < 4.78 is 0. The molecular formula is C23H30. The molecule has 122 valence electrons. The summed E-state index contributed by atoms with van der Waals surface area (Å²) >= 11 is 0. The first kappa shape index (κ1) is 16.6. The van der Waals surface area contributed by atoms with Gasteiger partial charge in [0, 0.05) is 0 Å². The van der Waals surface area contributed by atoms with Crippen molar-refractivity contribution >= 4 is 0 Å². The molecule has 0 spiro atoms. The van der Waals surface area contributed by atoms with Crippen LogP contribution in [-0.2, 0) is 0 Å². The van der Waals surface area contributed by atoms with Crippen molar-refractivity contribution in [1.82, 2.24) is 0 Å². The maximum absolute atomic E-state index is 3.88. The van der Waals surface area contributed by atoms with Crippen LogP contribution < -0.4 is 0 Å². The number of hydrogen-bond acceptors (Lipinski definition) is 0. The maximum atomic E-state index is 3.88. The number of benzene rings is 1. The van der Waals surface area contributed by atoms with E-state index in [0.29, 0.717) is 17.8 Å². The van der Waals surface area contributed by atoms with Crippen molar-refractivity contribution in [2.75, 3.05) is 0 Å². The van der Waals surface area contributed by atoms with Crippen molar-refractivity contribution in [3.63, 3.8) is 0 Å². The quantitative estimate of drug-likeness (QED) is 0.475. The van der Waals surface area contributed by atoms with Crippen LogP contribution in [0.15, 0.2) is 54.6 Å². The molecular weight excluding hydrogens is 276 g/mol. The Kier molecular flexibility index (Phi) is 6.13. The number of hydrogen-bond donors (Lipinski definition) is 0. The standard InChI is InChI=1S/C23H30/c1-2-3-4-5-6-10-17-22-21-16-12-11-15-20(21)18-23(22)19-13-8-7-9-14-19/h7-9,11-16,20-23H,2-6,10,17H2,1H3. The van der Waals surface area contributed by atoms with Gasteiger partial charge in [-0.15, -0.1) is 0 Å². The van der Waals surface area contributed by atoms with Gasteiger partial charge in [0.2, 0.25) is 0 Å². The van der Waals surface area contributed by atoms with Crippen molar-refractivity contribution in [2.45, 2.75) is 57.8 Å². The first-order valence-electron chi connectivity index (χ1n) is 9.56. The first-order chi connectivity index (χ1) is 11.4. The van der Waals surface area contributed by atoms with E-state index in [1.54, 1.807) is 0 Å². The highest BCUT2D eigenvalue weighted by Gasteiger charge is 2.41. The number of fused-ring (bicyclic) bond motifs is 1. The van der Waals surface area contributed by atoms with E-state index in [9.17, 15) is 0 Å². The van der Waals surface area contributed by atoms with E-state index in [4.69, 9.17) is 0 Å². The molecule has 23 heavy (non-hydrogen) atoms. The Morgan fingerprint density at radius 2 is 1.61 bits per heavy atom. The van der Waals surface area contributed by atoms with Crippen molar-refractivity contribution < 1.29 is 0 Å². The summed E-state index contributed by atoms with van der Waals surface area (Å²) in [6.45, 7) is 2.29. The van der Waals surface area contributed by atoms with Gasteiger partial charge in [-0.3, -0.25) is 0 Å². The van der Waals surface area contributed by atoms with Crippen LogP contribution in [0.25, 0.3) is 0 Å². The molecule has 2 aliphatic carbocycles. The van der Waals surface area contributed by atoms with E-state index >= 15 is 0 Å². The largest absolute Gasteiger partial charge is 0.0805 e. The molecule has 2 aliphatic rings. The Bertz CT molecular complexity index is 510. The van der Waals surface area contributed by atoms with Gasteiger partial charge in [-0.1, -0.05) is 100 Å². The monoisotopic (exact) mass is 306 g/mol. The molecule has 2 radical (unpaired) electrons. The van der Waals surface area contributed by atoms with Gasteiger partial charge in [-0.25, -0.2) is 0 Å². The zero-order valence-corrected chi connectivity index (χ0v) is 14.5. The van der Waals surface area contributed by atoms with Gasteiger partial charge in [0.05, 0.1) is 0 Å². The molecule has 4 atom stereocenters. The summed E-state index contributed by atoms with van der Waals surface area (Å²) in [5.41, 5.74) is 1.46. The topological polar surface area (TPSA) is 0 Å². The highest BCUT2D eigenvalue weighted by molar-refractivity contribution is 5.32. The number of allylic oxidation sites excluding steroid dienone is 4. The molecule has 0 bridgehead atoms. The second kappa shape index (κ2) is 8.52. The highest BCUT2D eigenvalue weighted by atomic mass is 14.4. The van der Waals surface area contributed by atoms with Crippen LogP contribution in [0.1, 0.15) is 63.4 Å². The summed E-state index contributed by atoms with van der Waals surface area (Å²) in [5, 5.41) is 0. The summed E-state index contributed by atoms with van der Waals surface area (Å²) in [7, 11) is 0. The Labute approximate surface area is 142 Å². The second-order valence-electron chi connectivity index (χ2n) is 7.15. The third kappa shape index (κ3) is 4.16. The Morgan fingerprint density at radius 1 is 0.870 bits per heavy atom. The average molecular weight is 306 g/mol. The van der Waals surface area contributed by atoms with Gasteiger partial charge in [-0.2, -0.15) is 0 Å². The lowest BCUT2D eigenvalue weighted by atomic mass is 9.79. The second-order valence-corrected chi connectivity index (χ2v) is 7.15. The summed E-state index contributed by atoms with van der Waals surface area (Å²) in [5.74, 6) is 2.43. The van der Waals surface area contributed by atoms with Crippen LogP contribution in [0, 0.1) is 24.2 Å². The lowest BCUT2D eigenvalue weighted by Gasteiger charge is -2.25. The predicted octanol–water partition coefficient (Wildman–Crippen LogP) is 6.59. The fraction of sp³-hybridized carbons (Fsp3) is 0.522. The van der Waals surface area contributed by atoms with Gasteiger partial charge < -0.3 is 0 Å². The fourth-order valence-corrected chi connectivity index (χ4v) is 4.28. The van der Waals surface area contributed by atoms with Crippen LogP contribution >= 0.6 is 0 Å². The maximum Gasteiger partial charge on any atom is -0.000879 e. The Morgan fingerprint density at radius 3 is 2.43 bits per heavy atom. The van der Waals surface area contributed by atoms with E-state index < -0.39 is 0 Å². The number of rotatable bonds is 8. The van der Waals surface area contributed by atoms with Crippen molar-refractivity contribution in [3.8, 4) is 0 Å². The van der Waals surface area contributed by atoms with Crippen molar-refractivity contribution in [2.24, 2.45) is 17.8 Å². The van der Waals surface area contributed by atoms with Gasteiger partial charge in [-0.05, 0) is 42.1 Å². The molecule has 1 aromatic rings. The number of unbranched alkanes of at least 4 members (excludes halogenated alkanes) is 5. The van der Waals surface area contributed by atoms with Crippen LogP contribution in [0.4, 0.5) is 0 Å². The SMILES string of the molecule is CCCCCCCCC1C(c2ccccc2)[C]C2C=CC=CC21. The fourth-order valence-electron chi connectivity index (χ4n) is 4.28. The molecule has 0 saturated heterocycles. The van der Waals surface area contributed by atoms with Gasteiger partial charge in [0.15, 0.2) is 0 Å². The van der Waals surface area contributed by atoms with Crippen molar-refractivity contribution in [3.05, 3.63) is 66.6 Å². The van der Waals surface area contributed by atoms with Gasteiger partial charge >= 0.3 is 0 Å². The normalized spacial score (nSPS) is 28.9. The van der Waals surface area contributed by atoms with Gasteiger partial charge in [0.1, 0.15) is 0 Å². The minimum absolute atomic E-state index is 0.509. The van der Waals surface area contributed by atoms with Crippen molar-refractivity contribution in [1.29, 1.82) is 0 Å². The predicted molar refractivity (Wildman–Crippen MR) is 99.2 cm³/mol. The molecule has 0 nitrogen and oxygen atoms in total. The van der Waals surface area contributed by atoms with E-state index in [0.717, 1.165) is 5.92 Å². The molecule has 0 aliphatic heterocycles. The molecule has 1 saturated carbocycles. The molecule has 0 amide bonds. The van der Waals surface area contributed by atoms with E-state index in [2.05, 4.69) is 68.0 Å². The lowest BCUT2D eigenvalue weighted by Crippen LogP contribution is -2.16. The summed E-state index contributed by atoms with van der Waals surface area (Å²) in [4.78, 5) is 0. The first-order valence-corrected chi connectivity index (χ1v) is 9.56. The smallest absolute Gasteiger partial charge is 0.000879 e. The highest BCUT2D eigenvalue weighted by Crippen LogP contribution is 2.50. The zero-order valence-electron chi connectivity index (χ0n) is 14.5. The van der Waals surface area contributed by atoms with Crippen LogP contribution in [0.2, 0.25) is 0 Å². The Hall–Kier alpha value is -1.30. The molecule has 3 rings (SSSR count). The van der Waals surface area contributed by atoms with E-state index in [1.807, 2.05) is 0 Å². The molecule has 1 fully saturated rings. The van der Waals surface area contributed by atoms with Crippen LogP contribution in [0.3, 0.4) is 0 Å². The molecule has 1 aromatic carbocycles. The zero-order chi connectivity index (χ0) is 15.9. The molecule has 0 heterocycles. The average Bonchev–Trinajstić information content (AvgIpc) is 2.97.